The molecule has 1 heterocycles. The molecule has 0 aromatic carbocycles. The Labute approximate surface area is 80.3 Å². The minimum atomic E-state index is 0.650. The number of nitrogens with two attached hydrogens (primary N) is 1. The van der Waals surface area contributed by atoms with Crippen LogP contribution in [0, 0.1) is 0 Å². The number of anilines is 1. The van der Waals surface area contributed by atoms with Crippen LogP contribution in [0.3, 0.4) is 0 Å². The van der Waals surface area contributed by atoms with Gasteiger partial charge in [0.15, 0.2) is 5.13 Å². The SMILES string of the molecule is COCCSCc1csc(N)n1. The average molecular weight is 204 g/mol. The summed E-state index contributed by atoms with van der Waals surface area (Å²) in [6.45, 7) is 0.796. The predicted octanol–water partition coefficient (Wildman–Crippen LogP) is 1.60. The van der Waals surface area contributed by atoms with Crippen molar-refractivity contribution in [3.05, 3.63) is 11.1 Å². The Morgan fingerprint density at radius 3 is 3.17 bits per heavy atom. The molecule has 0 spiro atoms. The summed E-state index contributed by atoms with van der Waals surface area (Å²) in [6.07, 6.45) is 0. The first-order valence-corrected chi connectivity index (χ1v) is 5.63. The molecular weight excluding hydrogens is 192 g/mol. The highest BCUT2D eigenvalue weighted by atomic mass is 32.2. The maximum Gasteiger partial charge on any atom is 0.180 e. The fourth-order valence-electron chi connectivity index (χ4n) is 0.708. The molecule has 0 unspecified atom stereocenters. The normalized spacial score (nSPS) is 10.4. The molecule has 5 heteroatoms. The fraction of sp³-hybridized carbons (Fsp3) is 0.571. The minimum Gasteiger partial charge on any atom is -0.384 e. The lowest BCUT2D eigenvalue weighted by Gasteiger charge is -1.96. The van der Waals surface area contributed by atoms with Crippen LogP contribution in [-0.4, -0.2) is 24.5 Å². The van der Waals surface area contributed by atoms with Crippen molar-refractivity contribution < 1.29 is 4.74 Å². The van der Waals surface area contributed by atoms with Crippen molar-refractivity contribution in [2.75, 3.05) is 25.2 Å². The second-order valence-electron chi connectivity index (χ2n) is 2.22. The van der Waals surface area contributed by atoms with Crippen LogP contribution in [-0.2, 0) is 10.5 Å². The number of thioether (sulfide) groups is 1. The molecule has 0 aliphatic heterocycles. The van der Waals surface area contributed by atoms with Gasteiger partial charge in [-0.2, -0.15) is 11.8 Å². The van der Waals surface area contributed by atoms with E-state index in [0.29, 0.717) is 5.13 Å². The van der Waals surface area contributed by atoms with Gasteiger partial charge in [0.25, 0.3) is 0 Å². The third-order valence-corrected chi connectivity index (χ3v) is 2.93. The Morgan fingerprint density at radius 1 is 1.75 bits per heavy atom. The average Bonchev–Trinajstić information content (AvgIpc) is 2.45. The molecule has 0 aliphatic rings. The summed E-state index contributed by atoms with van der Waals surface area (Å²) >= 11 is 3.30. The van der Waals surface area contributed by atoms with E-state index in [0.717, 1.165) is 23.8 Å². The Bertz CT molecular complexity index is 227. The van der Waals surface area contributed by atoms with E-state index in [2.05, 4.69) is 4.98 Å². The summed E-state index contributed by atoms with van der Waals surface area (Å²) in [7, 11) is 1.71. The van der Waals surface area contributed by atoms with Crippen molar-refractivity contribution in [1.82, 2.24) is 4.98 Å². The molecule has 2 N–H and O–H groups in total. The highest BCUT2D eigenvalue weighted by Crippen LogP contribution is 2.16. The van der Waals surface area contributed by atoms with Crippen LogP contribution in [0.5, 0.6) is 0 Å². The molecule has 1 rings (SSSR count). The number of rotatable bonds is 5. The first kappa shape index (κ1) is 9.83. The summed E-state index contributed by atoms with van der Waals surface area (Å²) in [4.78, 5) is 4.14. The van der Waals surface area contributed by atoms with Crippen LogP contribution in [0.2, 0.25) is 0 Å². The molecule has 0 saturated heterocycles. The van der Waals surface area contributed by atoms with Crippen LogP contribution < -0.4 is 5.73 Å². The molecule has 0 bridgehead atoms. The van der Waals surface area contributed by atoms with E-state index in [1.165, 1.54) is 11.3 Å². The third kappa shape index (κ3) is 3.42. The molecule has 0 aliphatic carbocycles. The number of methoxy groups -OCH3 is 1. The van der Waals surface area contributed by atoms with Gasteiger partial charge in [0.1, 0.15) is 0 Å². The molecule has 1 aromatic rings. The van der Waals surface area contributed by atoms with Gasteiger partial charge in [-0.25, -0.2) is 4.98 Å². The van der Waals surface area contributed by atoms with E-state index in [1.54, 1.807) is 7.11 Å². The quantitative estimate of drug-likeness (QED) is 0.740. The van der Waals surface area contributed by atoms with Crippen molar-refractivity contribution in [2.45, 2.75) is 5.75 Å². The zero-order chi connectivity index (χ0) is 8.81. The Hall–Kier alpha value is -0.260. The van der Waals surface area contributed by atoms with Gasteiger partial charge in [-0.3, -0.25) is 0 Å². The molecule has 0 amide bonds. The topological polar surface area (TPSA) is 48.1 Å². The lowest BCUT2D eigenvalue weighted by Crippen LogP contribution is -1.92. The number of ether oxygens (including phenoxy) is 1. The Balaban J connectivity index is 2.15. The van der Waals surface area contributed by atoms with Crippen molar-refractivity contribution in [2.24, 2.45) is 0 Å². The van der Waals surface area contributed by atoms with Crippen LogP contribution in [0.1, 0.15) is 5.69 Å². The lowest BCUT2D eigenvalue weighted by molar-refractivity contribution is 0.218. The number of thiazole rings is 1. The van der Waals surface area contributed by atoms with Crippen LogP contribution in [0.25, 0.3) is 0 Å². The standard InChI is InChI=1S/C7H12N2OS2/c1-10-2-3-11-4-6-5-12-7(8)9-6/h5H,2-4H2,1H3,(H2,8,9). The highest BCUT2D eigenvalue weighted by molar-refractivity contribution is 7.98. The first-order chi connectivity index (χ1) is 5.83. The predicted molar refractivity (Wildman–Crippen MR) is 54.6 cm³/mol. The molecule has 0 radical (unpaired) electrons. The van der Waals surface area contributed by atoms with Gasteiger partial charge in [0, 0.05) is 24.0 Å². The zero-order valence-corrected chi connectivity index (χ0v) is 8.58. The van der Waals surface area contributed by atoms with Crippen molar-refractivity contribution >= 4 is 28.2 Å². The largest absolute Gasteiger partial charge is 0.384 e. The van der Waals surface area contributed by atoms with Gasteiger partial charge in [0.05, 0.1) is 12.3 Å². The second-order valence-corrected chi connectivity index (χ2v) is 4.22. The van der Waals surface area contributed by atoms with Crippen molar-refractivity contribution in [3.8, 4) is 0 Å². The summed E-state index contributed by atoms with van der Waals surface area (Å²) in [6, 6.07) is 0. The molecule has 3 nitrogen and oxygen atoms in total. The molecule has 0 saturated carbocycles. The number of nitrogens with zero attached hydrogens (tertiary/aromatic N) is 1. The second kappa shape index (κ2) is 5.40. The summed E-state index contributed by atoms with van der Waals surface area (Å²) in [5.74, 6) is 1.94. The molecule has 0 fully saturated rings. The summed E-state index contributed by atoms with van der Waals surface area (Å²) < 4.78 is 4.92. The van der Waals surface area contributed by atoms with Gasteiger partial charge in [0.2, 0.25) is 0 Å². The number of hydrogen-bond acceptors (Lipinski definition) is 5. The van der Waals surface area contributed by atoms with E-state index in [4.69, 9.17) is 10.5 Å². The number of aromatic nitrogens is 1. The third-order valence-electron chi connectivity index (χ3n) is 1.25. The van der Waals surface area contributed by atoms with Crippen LogP contribution >= 0.6 is 23.1 Å². The van der Waals surface area contributed by atoms with E-state index in [-0.39, 0.29) is 0 Å². The molecule has 68 valence electrons. The van der Waals surface area contributed by atoms with Gasteiger partial charge < -0.3 is 10.5 Å². The van der Waals surface area contributed by atoms with Gasteiger partial charge >= 0.3 is 0 Å². The summed E-state index contributed by atoms with van der Waals surface area (Å²) in [5, 5.41) is 2.65. The smallest absolute Gasteiger partial charge is 0.180 e. The van der Waals surface area contributed by atoms with Crippen molar-refractivity contribution in [1.29, 1.82) is 0 Å². The molecular formula is C7H12N2OS2. The van der Waals surface area contributed by atoms with Gasteiger partial charge in [-0.15, -0.1) is 11.3 Å². The van der Waals surface area contributed by atoms with Gasteiger partial charge in [-0.1, -0.05) is 0 Å². The fourth-order valence-corrected chi connectivity index (χ4v) is 2.16. The highest BCUT2D eigenvalue weighted by Gasteiger charge is 1.97. The maximum absolute atomic E-state index is 5.48. The van der Waals surface area contributed by atoms with E-state index in [9.17, 15) is 0 Å². The Kier molecular flexibility index (Phi) is 4.42. The van der Waals surface area contributed by atoms with Crippen molar-refractivity contribution in [3.63, 3.8) is 0 Å². The Morgan fingerprint density at radius 2 is 2.58 bits per heavy atom. The van der Waals surface area contributed by atoms with E-state index in [1.807, 2.05) is 17.1 Å². The first-order valence-electron chi connectivity index (χ1n) is 3.59. The molecule has 12 heavy (non-hydrogen) atoms. The van der Waals surface area contributed by atoms with Crippen LogP contribution in [0.4, 0.5) is 5.13 Å². The van der Waals surface area contributed by atoms with Crippen LogP contribution in [0.15, 0.2) is 5.38 Å². The number of nitrogen functional groups attached to an aromatic ring is 1. The van der Waals surface area contributed by atoms with Gasteiger partial charge in [-0.05, 0) is 0 Å². The zero-order valence-electron chi connectivity index (χ0n) is 6.95. The lowest BCUT2D eigenvalue weighted by atomic mass is 10.6. The van der Waals surface area contributed by atoms with E-state index >= 15 is 0 Å². The molecule has 0 atom stereocenters. The van der Waals surface area contributed by atoms with E-state index < -0.39 is 0 Å². The maximum atomic E-state index is 5.48. The summed E-state index contributed by atoms with van der Waals surface area (Å²) in [5.41, 5.74) is 6.55. The minimum absolute atomic E-state index is 0.650. The molecule has 1 aromatic heterocycles. The monoisotopic (exact) mass is 204 g/mol. The number of hydrogen-bond donors (Lipinski definition) is 1.